The van der Waals surface area contributed by atoms with Gasteiger partial charge in [-0.05, 0) is 61.0 Å². The second kappa shape index (κ2) is 10.3. The van der Waals surface area contributed by atoms with Crippen molar-refractivity contribution in [2.24, 2.45) is 45.8 Å². The van der Waals surface area contributed by atoms with Crippen LogP contribution in [0.1, 0.15) is 52.9 Å². The maximum Gasteiger partial charge on any atom is 0.316 e. The molecule has 10 nitrogen and oxygen atoms in total. The Bertz CT molecular complexity index is 1380. The Morgan fingerprint density at radius 1 is 1.11 bits per heavy atom. The second-order valence-electron chi connectivity index (χ2n) is 14.8. The molecule has 10 heteroatoms. The number of aldehydes is 1. The van der Waals surface area contributed by atoms with Gasteiger partial charge in [0, 0.05) is 11.8 Å². The predicted octanol–water partition coefficient (Wildman–Crippen LogP) is 3.95. The van der Waals surface area contributed by atoms with E-state index in [-0.39, 0.29) is 30.3 Å². The fraction of sp³-hybridized carbons (Fsp3) is 0.714. The number of aliphatic carboxylic acids is 1. The number of fused-ring (bicyclic) bond motifs is 2. The number of carbonyl (C=O) groups is 2. The fourth-order valence-corrected chi connectivity index (χ4v) is 11.0. The minimum atomic E-state index is -1.79. The number of hydrogen-bond acceptors (Lipinski definition) is 9. The summed E-state index contributed by atoms with van der Waals surface area (Å²) >= 11 is 0. The summed E-state index contributed by atoms with van der Waals surface area (Å²) in [5, 5.41) is 22.8. The number of carboxylic acid groups (broad SMARTS) is 1. The molecule has 7 fully saturated rings. The Balaban J connectivity index is 1.02. The van der Waals surface area contributed by atoms with E-state index in [1.165, 1.54) is 0 Å². The molecule has 2 N–H and O–H groups in total. The van der Waals surface area contributed by atoms with Crippen LogP contribution in [-0.2, 0) is 33.3 Å². The molecular formula is C35H44O10. The molecule has 4 aliphatic heterocycles. The zero-order valence-corrected chi connectivity index (χ0v) is 26.1. The zero-order valence-electron chi connectivity index (χ0n) is 26.1. The van der Waals surface area contributed by atoms with Gasteiger partial charge in [0.25, 0.3) is 0 Å². The fourth-order valence-electron chi connectivity index (χ4n) is 11.0. The SMILES string of the molecule is CC(C)C1=CC2CC3(C=O)C4CCC(C)C4CC2(COC24OC5OC(C(OCCCOc6ccccc6)C5O2)C4O)C13C(=O)O. The van der Waals surface area contributed by atoms with E-state index in [9.17, 15) is 19.8 Å². The van der Waals surface area contributed by atoms with Crippen LogP contribution in [0.4, 0.5) is 0 Å². The number of aliphatic hydroxyl groups excluding tert-OH is 1. The molecule has 1 aromatic carbocycles. The van der Waals surface area contributed by atoms with E-state index >= 15 is 0 Å². The maximum atomic E-state index is 13.7. The Labute approximate surface area is 263 Å². The molecule has 0 radical (unpaired) electrons. The van der Waals surface area contributed by atoms with Crippen molar-refractivity contribution in [1.29, 1.82) is 0 Å². The average molecular weight is 625 g/mol. The van der Waals surface area contributed by atoms with Crippen molar-refractivity contribution in [1.82, 2.24) is 0 Å². The number of rotatable bonds is 12. The number of carbonyl (C=O) groups excluding carboxylic acids is 1. The molecule has 3 saturated carbocycles. The lowest BCUT2D eigenvalue weighted by Gasteiger charge is -2.58. The van der Waals surface area contributed by atoms with Crippen molar-refractivity contribution in [2.75, 3.05) is 19.8 Å². The van der Waals surface area contributed by atoms with Crippen molar-refractivity contribution in [2.45, 2.75) is 89.6 Å². The van der Waals surface area contributed by atoms with Crippen LogP contribution in [0.3, 0.4) is 0 Å². The molecule has 0 spiro atoms. The number of carboxylic acids is 1. The topological polar surface area (TPSA) is 130 Å². The quantitative estimate of drug-likeness (QED) is 0.200. The Morgan fingerprint density at radius 2 is 1.91 bits per heavy atom. The molecule has 4 aliphatic carbocycles. The Kier molecular flexibility index (Phi) is 6.89. The minimum absolute atomic E-state index is 0.00617. The van der Waals surface area contributed by atoms with Crippen molar-refractivity contribution in [3.63, 3.8) is 0 Å². The Hall–Kier alpha value is -2.34. The highest BCUT2D eigenvalue weighted by atomic mass is 17.0. The maximum absolute atomic E-state index is 13.7. The van der Waals surface area contributed by atoms with E-state index in [1.54, 1.807) is 0 Å². The molecule has 8 bridgehead atoms. The van der Waals surface area contributed by atoms with Gasteiger partial charge >= 0.3 is 11.9 Å². The largest absolute Gasteiger partial charge is 0.494 e. The lowest BCUT2D eigenvalue weighted by atomic mass is 9.43. The van der Waals surface area contributed by atoms with E-state index < -0.39 is 58.9 Å². The van der Waals surface area contributed by atoms with Crippen LogP contribution in [0.15, 0.2) is 42.0 Å². The molecule has 13 atom stereocenters. The van der Waals surface area contributed by atoms with Crippen LogP contribution in [-0.4, -0.2) is 79.0 Å². The van der Waals surface area contributed by atoms with Crippen LogP contribution >= 0.6 is 0 Å². The van der Waals surface area contributed by atoms with Crippen LogP contribution in [0, 0.1) is 45.8 Å². The summed E-state index contributed by atoms with van der Waals surface area (Å²) in [5.41, 5.74) is -2.40. The summed E-state index contributed by atoms with van der Waals surface area (Å²) in [4.78, 5) is 27.0. The van der Waals surface area contributed by atoms with Crippen molar-refractivity contribution < 1.29 is 48.2 Å². The van der Waals surface area contributed by atoms with E-state index in [0.717, 1.165) is 30.5 Å². The third kappa shape index (κ3) is 3.72. The monoisotopic (exact) mass is 624 g/mol. The standard InChI is InChI=1S/C35H44O10/c1-19(2)25-14-21-15-32(17-36)24-11-10-20(3)23(24)16-33(21,34(25,32)31(38)39)18-42-35-29(37)27-26(28(44-35)30(43-27)45-35)41-13-7-12-40-22-8-5-4-6-9-22/h4-6,8-9,14,17,19-21,23-24,26-30,37H,7,10-13,15-16,18H2,1-3H3,(H,38,39). The van der Waals surface area contributed by atoms with Crippen LogP contribution in [0.5, 0.6) is 5.75 Å². The first-order valence-corrected chi connectivity index (χ1v) is 16.7. The van der Waals surface area contributed by atoms with Gasteiger partial charge in [-0.15, -0.1) is 0 Å². The van der Waals surface area contributed by atoms with Gasteiger partial charge in [-0.2, -0.15) is 0 Å². The number of aliphatic hydroxyl groups is 1. The number of allylic oxidation sites excluding steroid dienone is 1. The summed E-state index contributed by atoms with van der Waals surface area (Å²) < 4.78 is 36.8. The van der Waals surface area contributed by atoms with Gasteiger partial charge in [0.2, 0.25) is 0 Å². The molecule has 1 aromatic rings. The van der Waals surface area contributed by atoms with Gasteiger partial charge in [-0.1, -0.05) is 57.0 Å². The molecule has 8 aliphatic rings. The molecule has 0 amide bonds. The Morgan fingerprint density at radius 3 is 2.64 bits per heavy atom. The van der Waals surface area contributed by atoms with Crippen molar-refractivity contribution in [3.8, 4) is 5.75 Å². The van der Waals surface area contributed by atoms with Crippen molar-refractivity contribution in [3.05, 3.63) is 42.0 Å². The van der Waals surface area contributed by atoms with Gasteiger partial charge in [-0.25, -0.2) is 0 Å². The minimum Gasteiger partial charge on any atom is -0.494 e. The van der Waals surface area contributed by atoms with Crippen LogP contribution in [0.25, 0.3) is 0 Å². The first-order chi connectivity index (χ1) is 21.6. The highest BCUT2D eigenvalue weighted by Gasteiger charge is 2.85. The van der Waals surface area contributed by atoms with Crippen LogP contribution < -0.4 is 4.74 Å². The van der Waals surface area contributed by atoms with Gasteiger partial charge < -0.3 is 38.7 Å². The summed E-state index contributed by atoms with van der Waals surface area (Å²) in [7, 11) is 0. The lowest BCUT2D eigenvalue weighted by molar-refractivity contribution is -0.448. The zero-order chi connectivity index (χ0) is 31.4. The highest BCUT2D eigenvalue weighted by Crippen LogP contribution is 2.82. The summed E-state index contributed by atoms with van der Waals surface area (Å²) in [5.74, 6) is -1.47. The molecule has 45 heavy (non-hydrogen) atoms. The van der Waals surface area contributed by atoms with Gasteiger partial charge in [0.15, 0.2) is 12.4 Å². The number of ether oxygens (including phenoxy) is 6. The molecule has 9 rings (SSSR count). The predicted molar refractivity (Wildman–Crippen MR) is 158 cm³/mol. The summed E-state index contributed by atoms with van der Waals surface area (Å²) in [6.45, 7) is 7.12. The van der Waals surface area contributed by atoms with Crippen LogP contribution in [0.2, 0.25) is 0 Å². The summed E-state index contributed by atoms with van der Waals surface area (Å²) in [6, 6.07) is 9.58. The number of benzene rings is 1. The first kappa shape index (κ1) is 30.0. The third-order valence-electron chi connectivity index (χ3n) is 12.7. The normalized spacial score (nSPS) is 48.2. The first-order valence-electron chi connectivity index (χ1n) is 16.7. The number of hydrogen-bond donors (Lipinski definition) is 2. The van der Waals surface area contributed by atoms with Gasteiger partial charge in [0.05, 0.1) is 25.2 Å². The second-order valence-corrected chi connectivity index (χ2v) is 14.8. The number of para-hydroxylation sites is 1. The molecule has 4 heterocycles. The molecule has 244 valence electrons. The smallest absolute Gasteiger partial charge is 0.316 e. The average Bonchev–Trinajstić information content (AvgIpc) is 3.76. The molecule has 4 saturated heterocycles. The third-order valence-corrected chi connectivity index (χ3v) is 12.7. The van der Waals surface area contributed by atoms with E-state index in [1.807, 2.05) is 44.2 Å². The summed E-state index contributed by atoms with van der Waals surface area (Å²) in [6.07, 6.45) is 2.87. The molecule has 0 aromatic heterocycles. The lowest BCUT2D eigenvalue weighted by Crippen LogP contribution is -2.66. The van der Waals surface area contributed by atoms with Crippen molar-refractivity contribution >= 4 is 12.3 Å². The molecule has 13 unspecified atom stereocenters. The van der Waals surface area contributed by atoms with E-state index in [4.69, 9.17) is 28.4 Å². The highest BCUT2D eigenvalue weighted by molar-refractivity contribution is 5.90. The van der Waals surface area contributed by atoms with E-state index in [2.05, 4.69) is 13.0 Å². The van der Waals surface area contributed by atoms with Gasteiger partial charge in [0.1, 0.15) is 35.8 Å². The van der Waals surface area contributed by atoms with Gasteiger partial charge in [-0.3, -0.25) is 9.53 Å². The van der Waals surface area contributed by atoms with E-state index in [0.29, 0.717) is 38.4 Å². The molecular weight excluding hydrogens is 580 g/mol.